The van der Waals surface area contributed by atoms with Crippen LogP contribution in [0.15, 0.2) is 11.6 Å². The van der Waals surface area contributed by atoms with Crippen LogP contribution in [0.5, 0.6) is 0 Å². The summed E-state index contributed by atoms with van der Waals surface area (Å²) in [6.45, 7) is 4.11. The van der Waals surface area contributed by atoms with Crippen molar-refractivity contribution in [3.63, 3.8) is 0 Å². The van der Waals surface area contributed by atoms with E-state index in [-0.39, 0.29) is 29.5 Å². The summed E-state index contributed by atoms with van der Waals surface area (Å²) >= 11 is 0. The lowest BCUT2D eigenvalue weighted by molar-refractivity contribution is -0.159. The second-order valence-electron chi connectivity index (χ2n) is 10.5. The van der Waals surface area contributed by atoms with Gasteiger partial charge in [-0.3, -0.25) is 9.59 Å². The highest BCUT2D eigenvalue weighted by Gasteiger charge is 2.62. The van der Waals surface area contributed by atoms with Gasteiger partial charge in [-0.2, -0.15) is 0 Å². The van der Waals surface area contributed by atoms with E-state index >= 15 is 0 Å². The van der Waals surface area contributed by atoms with Gasteiger partial charge in [0, 0.05) is 6.26 Å². The fraction of sp³-hybridized carbons (Fsp3) is 0.818. The Morgan fingerprint density at radius 2 is 1.90 bits per heavy atom. The summed E-state index contributed by atoms with van der Waals surface area (Å²) < 4.78 is 27.6. The molecule has 0 aliphatic heterocycles. The highest BCUT2D eigenvalue weighted by atomic mass is 32.2. The van der Waals surface area contributed by atoms with Crippen LogP contribution in [0.3, 0.4) is 0 Å². The van der Waals surface area contributed by atoms with Crippen LogP contribution in [-0.2, 0) is 24.2 Å². The van der Waals surface area contributed by atoms with Gasteiger partial charge in [0.2, 0.25) is 0 Å². The molecule has 4 aliphatic carbocycles. The second kappa shape index (κ2) is 7.14. The minimum absolute atomic E-state index is 0.0980. The zero-order chi connectivity index (χ0) is 22.1. The van der Waals surface area contributed by atoms with E-state index in [0.717, 1.165) is 37.5 Å². The first-order valence-electron chi connectivity index (χ1n) is 10.8. The molecule has 0 amide bonds. The number of hydrogen-bond acceptors (Lipinski definition) is 7. The van der Waals surface area contributed by atoms with Crippen molar-refractivity contribution >= 4 is 21.6 Å². The van der Waals surface area contributed by atoms with Gasteiger partial charge in [0.25, 0.3) is 0 Å². The largest absolute Gasteiger partial charge is 0.449 e. The SMILES string of the molecule is C[C@]12CC(C(=O)OCS(C)(=O)=O)C(=O)C=C1CC[C@@H]1[C@H]2C(O)C[C@]2(C)C(O)CC[C@@H]12. The van der Waals surface area contributed by atoms with Crippen LogP contribution in [0.1, 0.15) is 52.4 Å². The lowest BCUT2D eigenvalue weighted by Gasteiger charge is -2.59. The smallest absolute Gasteiger partial charge is 0.317 e. The van der Waals surface area contributed by atoms with Crippen LogP contribution >= 0.6 is 0 Å². The van der Waals surface area contributed by atoms with Gasteiger partial charge in [0.1, 0.15) is 5.92 Å². The van der Waals surface area contributed by atoms with Gasteiger partial charge >= 0.3 is 5.97 Å². The predicted octanol–water partition coefficient (Wildman–Crippen LogP) is 1.62. The summed E-state index contributed by atoms with van der Waals surface area (Å²) in [5.41, 5.74) is 0.151. The third-order valence-corrected chi connectivity index (χ3v) is 9.15. The molecule has 0 bridgehead atoms. The van der Waals surface area contributed by atoms with Gasteiger partial charge in [0.15, 0.2) is 21.6 Å². The molecule has 30 heavy (non-hydrogen) atoms. The number of carbonyl (C=O) groups excluding carboxylic acids is 2. The molecular weight excluding hydrogens is 408 g/mol. The van der Waals surface area contributed by atoms with Crippen molar-refractivity contribution in [2.24, 2.45) is 34.5 Å². The minimum Gasteiger partial charge on any atom is -0.449 e. The molecule has 3 unspecified atom stereocenters. The van der Waals surface area contributed by atoms with E-state index in [1.165, 1.54) is 6.08 Å². The number of ketones is 1. The number of rotatable bonds is 3. The number of esters is 1. The molecule has 0 aromatic carbocycles. The maximum atomic E-state index is 12.7. The Hall–Kier alpha value is -1.25. The van der Waals surface area contributed by atoms with Crippen LogP contribution < -0.4 is 0 Å². The van der Waals surface area contributed by atoms with Crippen LogP contribution in [0.4, 0.5) is 0 Å². The summed E-state index contributed by atoms with van der Waals surface area (Å²) in [6, 6.07) is 0. The van der Waals surface area contributed by atoms with Crippen molar-refractivity contribution in [3.8, 4) is 0 Å². The molecule has 4 aliphatic rings. The van der Waals surface area contributed by atoms with Crippen LogP contribution in [0.2, 0.25) is 0 Å². The Bertz CT molecular complexity index is 893. The number of ether oxygens (including phenoxy) is 1. The molecule has 8 heteroatoms. The molecule has 4 rings (SSSR count). The third kappa shape index (κ3) is 3.35. The maximum Gasteiger partial charge on any atom is 0.317 e. The Morgan fingerprint density at radius 3 is 2.57 bits per heavy atom. The van der Waals surface area contributed by atoms with Crippen LogP contribution in [0, 0.1) is 34.5 Å². The van der Waals surface area contributed by atoms with Crippen molar-refractivity contribution in [2.45, 2.75) is 64.6 Å². The van der Waals surface area contributed by atoms with Gasteiger partial charge in [-0.25, -0.2) is 8.42 Å². The first kappa shape index (κ1) is 22.0. The predicted molar refractivity (Wildman–Crippen MR) is 109 cm³/mol. The third-order valence-electron chi connectivity index (χ3n) is 8.61. The molecular formula is C22H32O7S. The number of sulfone groups is 1. The Morgan fingerprint density at radius 1 is 1.20 bits per heavy atom. The van der Waals surface area contributed by atoms with Crippen molar-refractivity contribution in [2.75, 3.05) is 12.2 Å². The highest BCUT2D eigenvalue weighted by Crippen LogP contribution is 2.65. The average molecular weight is 441 g/mol. The van der Waals surface area contributed by atoms with Crippen LogP contribution in [-0.4, -0.2) is 54.8 Å². The van der Waals surface area contributed by atoms with Crippen molar-refractivity contribution in [1.29, 1.82) is 0 Å². The maximum absolute atomic E-state index is 12.7. The van der Waals surface area contributed by atoms with Crippen molar-refractivity contribution < 1.29 is 33.0 Å². The Labute approximate surface area is 177 Å². The van der Waals surface area contributed by atoms with Crippen LogP contribution in [0.25, 0.3) is 0 Å². The van der Waals surface area contributed by atoms with E-state index in [2.05, 4.69) is 6.92 Å². The van der Waals surface area contributed by atoms with Gasteiger partial charge in [-0.15, -0.1) is 0 Å². The lowest BCUT2D eigenvalue weighted by atomic mass is 9.46. The first-order chi connectivity index (χ1) is 13.9. The monoisotopic (exact) mass is 440 g/mol. The summed E-state index contributed by atoms with van der Waals surface area (Å²) in [5.74, 6) is -2.50. The van der Waals surface area contributed by atoms with E-state index in [1.54, 1.807) is 0 Å². The molecule has 3 saturated carbocycles. The normalized spacial score (nSPS) is 45.8. The van der Waals surface area contributed by atoms with Gasteiger partial charge in [-0.05, 0) is 73.2 Å². The lowest BCUT2D eigenvalue weighted by Crippen LogP contribution is -2.58. The fourth-order valence-electron chi connectivity index (χ4n) is 7.21. The van der Waals surface area contributed by atoms with Gasteiger partial charge in [0.05, 0.1) is 12.2 Å². The number of carbonyl (C=O) groups is 2. The molecule has 0 aromatic heterocycles. The number of hydrogen-bond donors (Lipinski definition) is 2. The summed E-state index contributed by atoms with van der Waals surface area (Å²) in [6.07, 6.45) is 5.50. The zero-order valence-corrected chi connectivity index (χ0v) is 18.7. The summed E-state index contributed by atoms with van der Waals surface area (Å²) in [7, 11) is -3.50. The minimum atomic E-state index is -3.50. The molecule has 8 atom stereocenters. The van der Waals surface area contributed by atoms with E-state index < -0.39 is 45.3 Å². The quantitative estimate of drug-likeness (QED) is 0.506. The molecule has 0 heterocycles. The van der Waals surface area contributed by atoms with E-state index in [9.17, 15) is 28.2 Å². The van der Waals surface area contributed by atoms with E-state index in [1.807, 2.05) is 6.92 Å². The topological polar surface area (TPSA) is 118 Å². The van der Waals surface area contributed by atoms with E-state index in [4.69, 9.17) is 4.74 Å². The van der Waals surface area contributed by atoms with Crippen molar-refractivity contribution in [1.82, 2.24) is 0 Å². The average Bonchev–Trinajstić information content (AvgIpc) is 2.93. The van der Waals surface area contributed by atoms with Gasteiger partial charge in [-0.1, -0.05) is 19.4 Å². The zero-order valence-electron chi connectivity index (χ0n) is 17.8. The van der Waals surface area contributed by atoms with Crippen molar-refractivity contribution in [3.05, 3.63) is 11.6 Å². The second-order valence-corrected chi connectivity index (χ2v) is 12.5. The molecule has 168 valence electrons. The molecule has 7 nitrogen and oxygen atoms in total. The van der Waals surface area contributed by atoms with E-state index in [0.29, 0.717) is 12.3 Å². The summed E-state index contributed by atoms with van der Waals surface area (Å²) in [5, 5.41) is 21.8. The molecule has 0 saturated heterocycles. The Kier molecular flexibility index (Phi) is 5.22. The number of fused-ring (bicyclic) bond motifs is 5. The molecule has 0 radical (unpaired) electrons. The summed E-state index contributed by atoms with van der Waals surface area (Å²) in [4.78, 5) is 25.2. The molecule has 3 fully saturated rings. The number of aliphatic hydroxyl groups is 2. The highest BCUT2D eigenvalue weighted by molar-refractivity contribution is 7.90. The number of allylic oxidation sites excluding steroid dienone is 1. The molecule has 2 N–H and O–H groups in total. The fourth-order valence-corrected chi connectivity index (χ4v) is 7.54. The molecule has 0 spiro atoms. The number of aliphatic hydroxyl groups excluding tert-OH is 2. The standard InChI is InChI=1S/C22H32O7S/c1-21-9-14(20(26)29-11-30(3,27)28)16(23)8-12(21)4-5-13-15-6-7-18(25)22(15,2)10-17(24)19(13)21/h8,13-15,17-19,24-25H,4-7,9-11H2,1-3H3/t13-,14?,15-,17?,18?,19-,21-,22-/m0/s1. The first-order valence-corrected chi connectivity index (χ1v) is 12.9. The molecule has 0 aromatic rings. The van der Waals surface area contributed by atoms with Gasteiger partial charge < -0.3 is 14.9 Å². The Balaban J connectivity index is 1.63.